The van der Waals surface area contributed by atoms with Crippen molar-refractivity contribution in [2.75, 3.05) is 20.3 Å². The minimum Gasteiger partial charge on any atom is -0.479 e. The fourth-order valence-corrected chi connectivity index (χ4v) is 1.73. The van der Waals surface area contributed by atoms with Gasteiger partial charge in [-0.2, -0.15) is 0 Å². The SMILES string of the molecule is CCC(OCCOC)(C(=O)O)c1ccccc1. The third-order valence-electron chi connectivity index (χ3n) is 2.72. The quantitative estimate of drug-likeness (QED) is 0.738. The van der Waals surface area contributed by atoms with Gasteiger partial charge in [0.15, 0.2) is 5.60 Å². The standard InChI is InChI=1S/C13H18O4/c1-3-13(12(14)15,17-10-9-16-2)11-7-5-4-6-8-11/h4-8H,3,9-10H2,1-2H3,(H,14,15). The molecule has 1 aromatic rings. The lowest BCUT2D eigenvalue weighted by atomic mass is 9.91. The van der Waals surface area contributed by atoms with Gasteiger partial charge in [0, 0.05) is 7.11 Å². The number of carboxylic acid groups (broad SMARTS) is 1. The molecule has 0 saturated carbocycles. The van der Waals surface area contributed by atoms with E-state index in [0.717, 1.165) is 0 Å². The molecule has 0 bridgehead atoms. The average molecular weight is 238 g/mol. The second kappa shape index (κ2) is 6.37. The molecule has 0 aliphatic carbocycles. The molecule has 94 valence electrons. The lowest BCUT2D eigenvalue weighted by Crippen LogP contribution is -2.39. The first kappa shape index (κ1) is 13.7. The topological polar surface area (TPSA) is 55.8 Å². The molecule has 1 rings (SSSR count). The highest BCUT2D eigenvalue weighted by atomic mass is 16.5. The van der Waals surface area contributed by atoms with Gasteiger partial charge in [-0.15, -0.1) is 0 Å². The van der Waals surface area contributed by atoms with Crippen molar-refractivity contribution in [3.63, 3.8) is 0 Å². The average Bonchev–Trinajstić information content (AvgIpc) is 2.36. The second-order valence-electron chi connectivity index (χ2n) is 3.69. The van der Waals surface area contributed by atoms with Crippen LogP contribution < -0.4 is 0 Å². The molecule has 1 aromatic carbocycles. The smallest absolute Gasteiger partial charge is 0.340 e. The van der Waals surface area contributed by atoms with Gasteiger partial charge in [-0.25, -0.2) is 4.79 Å². The molecule has 0 heterocycles. The molecule has 0 aliphatic heterocycles. The first-order chi connectivity index (χ1) is 8.17. The summed E-state index contributed by atoms with van der Waals surface area (Å²) in [7, 11) is 1.56. The summed E-state index contributed by atoms with van der Waals surface area (Å²) < 4.78 is 10.4. The van der Waals surface area contributed by atoms with Crippen molar-refractivity contribution in [1.29, 1.82) is 0 Å². The Morgan fingerprint density at radius 1 is 1.29 bits per heavy atom. The van der Waals surface area contributed by atoms with Crippen LogP contribution in [0.15, 0.2) is 30.3 Å². The molecule has 0 aliphatic rings. The summed E-state index contributed by atoms with van der Waals surface area (Å²) in [5.74, 6) is -0.970. The Morgan fingerprint density at radius 2 is 1.94 bits per heavy atom. The number of ether oxygens (including phenoxy) is 2. The zero-order chi connectivity index (χ0) is 12.7. The van der Waals surface area contributed by atoms with Gasteiger partial charge in [0.1, 0.15) is 0 Å². The van der Waals surface area contributed by atoms with Gasteiger partial charge in [-0.05, 0) is 12.0 Å². The van der Waals surface area contributed by atoms with E-state index in [-0.39, 0.29) is 6.61 Å². The second-order valence-corrected chi connectivity index (χ2v) is 3.69. The summed E-state index contributed by atoms with van der Waals surface area (Å²) in [5.41, 5.74) is -0.620. The van der Waals surface area contributed by atoms with E-state index in [1.165, 1.54) is 0 Å². The molecule has 4 heteroatoms. The fourth-order valence-electron chi connectivity index (χ4n) is 1.73. The zero-order valence-electron chi connectivity index (χ0n) is 10.2. The maximum absolute atomic E-state index is 11.5. The van der Waals surface area contributed by atoms with Crippen LogP contribution in [0.4, 0.5) is 0 Å². The van der Waals surface area contributed by atoms with Crippen molar-refractivity contribution in [2.24, 2.45) is 0 Å². The van der Waals surface area contributed by atoms with Crippen LogP contribution in [0.1, 0.15) is 18.9 Å². The molecule has 0 amide bonds. The van der Waals surface area contributed by atoms with Gasteiger partial charge in [0.25, 0.3) is 0 Å². The molecule has 0 spiro atoms. The van der Waals surface area contributed by atoms with Crippen LogP contribution in [-0.2, 0) is 19.9 Å². The Labute approximate surface area is 101 Å². The monoisotopic (exact) mass is 238 g/mol. The minimum atomic E-state index is -1.28. The van der Waals surface area contributed by atoms with E-state index in [1.54, 1.807) is 26.2 Å². The summed E-state index contributed by atoms with van der Waals surface area (Å²) in [6.45, 7) is 2.43. The van der Waals surface area contributed by atoms with E-state index in [2.05, 4.69) is 0 Å². The van der Waals surface area contributed by atoms with Crippen LogP contribution in [0.3, 0.4) is 0 Å². The predicted molar refractivity (Wildman–Crippen MR) is 63.9 cm³/mol. The summed E-state index contributed by atoms with van der Waals surface area (Å²) in [6.07, 6.45) is 0.371. The van der Waals surface area contributed by atoms with E-state index in [9.17, 15) is 9.90 Å². The van der Waals surface area contributed by atoms with Crippen LogP contribution in [0.2, 0.25) is 0 Å². The Balaban J connectivity index is 2.97. The summed E-state index contributed by atoms with van der Waals surface area (Å²) in [5, 5.41) is 9.41. The van der Waals surface area contributed by atoms with Gasteiger partial charge < -0.3 is 14.6 Å². The Hall–Kier alpha value is -1.39. The number of hydrogen-bond acceptors (Lipinski definition) is 3. The van der Waals surface area contributed by atoms with Crippen molar-refractivity contribution in [2.45, 2.75) is 18.9 Å². The highest BCUT2D eigenvalue weighted by Gasteiger charge is 2.39. The Morgan fingerprint density at radius 3 is 2.41 bits per heavy atom. The van der Waals surface area contributed by atoms with E-state index < -0.39 is 11.6 Å². The zero-order valence-corrected chi connectivity index (χ0v) is 10.2. The highest BCUT2D eigenvalue weighted by Crippen LogP contribution is 2.29. The summed E-state index contributed by atoms with van der Waals surface area (Å²) >= 11 is 0. The normalized spacial score (nSPS) is 14.2. The molecule has 4 nitrogen and oxygen atoms in total. The molecule has 0 radical (unpaired) electrons. The van der Waals surface area contributed by atoms with Gasteiger partial charge in [0.05, 0.1) is 13.2 Å². The lowest BCUT2D eigenvalue weighted by Gasteiger charge is -2.28. The van der Waals surface area contributed by atoms with E-state index >= 15 is 0 Å². The van der Waals surface area contributed by atoms with Gasteiger partial charge in [-0.3, -0.25) is 0 Å². The number of benzene rings is 1. The summed E-state index contributed by atoms with van der Waals surface area (Å²) in [6, 6.07) is 9.00. The first-order valence-electron chi connectivity index (χ1n) is 5.59. The number of hydrogen-bond donors (Lipinski definition) is 1. The molecule has 0 aromatic heterocycles. The largest absolute Gasteiger partial charge is 0.479 e. The third kappa shape index (κ3) is 3.05. The number of rotatable bonds is 7. The first-order valence-corrected chi connectivity index (χ1v) is 5.59. The molecule has 0 saturated heterocycles. The van der Waals surface area contributed by atoms with Crippen molar-refractivity contribution in [1.82, 2.24) is 0 Å². The molecular weight excluding hydrogens is 220 g/mol. The van der Waals surface area contributed by atoms with Crippen molar-refractivity contribution in [3.8, 4) is 0 Å². The van der Waals surface area contributed by atoms with Crippen molar-refractivity contribution < 1.29 is 19.4 Å². The van der Waals surface area contributed by atoms with Gasteiger partial charge in [0.2, 0.25) is 0 Å². The van der Waals surface area contributed by atoms with Crippen LogP contribution in [0.5, 0.6) is 0 Å². The predicted octanol–water partition coefficient (Wildman–Crippen LogP) is 2.04. The van der Waals surface area contributed by atoms with E-state index in [0.29, 0.717) is 18.6 Å². The minimum absolute atomic E-state index is 0.255. The molecule has 1 unspecified atom stereocenters. The number of methoxy groups -OCH3 is 1. The summed E-state index contributed by atoms with van der Waals surface area (Å²) in [4.78, 5) is 11.5. The van der Waals surface area contributed by atoms with Crippen LogP contribution in [0.25, 0.3) is 0 Å². The van der Waals surface area contributed by atoms with E-state index in [1.807, 2.05) is 18.2 Å². The number of carbonyl (C=O) groups is 1. The lowest BCUT2D eigenvalue weighted by molar-refractivity contribution is -0.170. The van der Waals surface area contributed by atoms with Crippen molar-refractivity contribution >= 4 is 5.97 Å². The molecular formula is C13H18O4. The Kier molecular flexibility index (Phi) is 5.12. The van der Waals surface area contributed by atoms with E-state index in [4.69, 9.17) is 9.47 Å². The maximum atomic E-state index is 11.5. The maximum Gasteiger partial charge on any atom is 0.340 e. The van der Waals surface area contributed by atoms with Gasteiger partial charge in [-0.1, -0.05) is 37.3 Å². The molecule has 1 N–H and O–H groups in total. The van der Waals surface area contributed by atoms with Crippen molar-refractivity contribution in [3.05, 3.63) is 35.9 Å². The molecule has 0 fully saturated rings. The van der Waals surface area contributed by atoms with Gasteiger partial charge >= 0.3 is 5.97 Å². The number of carboxylic acids is 1. The fraction of sp³-hybridized carbons (Fsp3) is 0.462. The Bertz CT molecular complexity index is 350. The number of aliphatic carboxylic acids is 1. The van der Waals surface area contributed by atoms with Crippen LogP contribution >= 0.6 is 0 Å². The molecule has 17 heavy (non-hydrogen) atoms. The van der Waals surface area contributed by atoms with Crippen LogP contribution in [-0.4, -0.2) is 31.4 Å². The third-order valence-corrected chi connectivity index (χ3v) is 2.72. The van der Waals surface area contributed by atoms with Crippen LogP contribution in [0, 0.1) is 0 Å². The molecule has 1 atom stereocenters. The highest BCUT2D eigenvalue weighted by molar-refractivity contribution is 5.79.